The van der Waals surface area contributed by atoms with E-state index in [-0.39, 0.29) is 24.6 Å². The van der Waals surface area contributed by atoms with Gasteiger partial charge in [-0.25, -0.2) is 4.39 Å². The molecule has 5 heteroatoms. The molecule has 0 radical (unpaired) electrons. The van der Waals surface area contributed by atoms with Crippen molar-refractivity contribution in [2.24, 2.45) is 0 Å². The van der Waals surface area contributed by atoms with Crippen LogP contribution >= 0.6 is 0 Å². The summed E-state index contributed by atoms with van der Waals surface area (Å²) in [6, 6.07) is 6.37. The number of benzene rings is 1. The standard InChI is InChI=1S/C14H17FN2O2/c1-10-6-17(8-13(9-18)19-10)7-12-4-11(5-16)2-3-14(12)15/h2-4,10,13,18H,6-9H2,1H3. The molecule has 0 aromatic heterocycles. The quantitative estimate of drug-likeness (QED) is 0.893. The molecule has 0 aliphatic carbocycles. The minimum Gasteiger partial charge on any atom is -0.394 e. The van der Waals surface area contributed by atoms with E-state index >= 15 is 0 Å². The van der Waals surface area contributed by atoms with E-state index in [9.17, 15) is 4.39 Å². The van der Waals surface area contributed by atoms with E-state index in [4.69, 9.17) is 15.1 Å². The molecule has 1 aliphatic rings. The molecule has 1 aromatic carbocycles. The van der Waals surface area contributed by atoms with Gasteiger partial charge in [0.25, 0.3) is 0 Å². The second kappa shape index (κ2) is 6.11. The van der Waals surface area contributed by atoms with Crippen LogP contribution in [-0.4, -0.2) is 41.9 Å². The molecule has 1 aromatic rings. The maximum atomic E-state index is 13.7. The van der Waals surface area contributed by atoms with Gasteiger partial charge in [-0.15, -0.1) is 0 Å². The zero-order valence-corrected chi connectivity index (χ0v) is 10.8. The Morgan fingerprint density at radius 2 is 2.32 bits per heavy atom. The van der Waals surface area contributed by atoms with Gasteiger partial charge in [-0.05, 0) is 25.1 Å². The van der Waals surface area contributed by atoms with E-state index in [1.165, 1.54) is 12.1 Å². The van der Waals surface area contributed by atoms with Crippen LogP contribution in [0.5, 0.6) is 0 Å². The molecule has 1 heterocycles. The predicted octanol–water partition coefficient (Wildman–Crippen LogP) is 1.28. The third kappa shape index (κ3) is 3.51. The first-order chi connectivity index (χ1) is 9.12. The summed E-state index contributed by atoms with van der Waals surface area (Å²) >= 11 is 0. The fraction of sp³-hybridized carbons (Fsp3) is 0.500. The van der Waals surface area contributed by atoms with Crippen molar-refractivity contribution in [3.05, 3.63) is 35.1 Å². The summed E-state index contributed by atoms with van der Waals surface area (Å²) in [4.78, 5) is 2.04. The van der Waals surface area contributed by atoms with Gasteiger partial charge in [0.2, 0.25) is 0 Å². The van der Waals surface area contributed by atoms with Gasteiger partial charge in [0.15, 0.2) is 0 Å². The van der Waals surface area contributed by atoms with Gasteiger partial charge >= 0.3 is 0 Å². The van der Waals surface area contributed by atoms with Gasteiger partial charge in [0, 0.05) is 25.2 Å². The number of nitriles is 1. The lowest BCUT2D eigenvalue weighted by Crippen LogP contribution is -2.47. The SMILES string of the molecule is CC1CN(Cc2cc(C#N)ccc2F)CC(CO)O1. The molecule has 2 unspecified atom stereocenters. The predicted molar refractivity (Wildman–Crippen MR) is 67.8 cm³/mol. The van der Waals surface area contributed by atoms with Gasteiger partial charge in [-0.3, -0.25) is 4.90 Å². The van der Waals surface area contributed by atoms with Crippen molar-refractivity contribution in [2.75, 3.05) is 19.7 Å². The highest BCUT2D eigenvalue weighted by Crippen LogP contribution is 2.17. The van der Waals surface area contributed by atoms with Gasteiger partial charge < -0.3 is 9.84 Å². The summed E-state index contributed by atoms with van der Waals surface area (Å²) < 4.78 is 19.3. The summed E-state index contributed by atoms with van der Waals surface area (Å²) in [7, 11) is 0. The zero-order chi connectivity index (χ0) is 13.8. The number of hydrogen-bond donors (Lipinski definition) is 1. The molecule has 4 nitrogen and oxygen atoms in total. The number of morpholine rings is 1. The Hall–Kier alpha value is -1.48. The number of nitrogens with zero attached hydrogens (tertiary/aromatic N) is 2. The Kier molecular flexibility index (Phi) is 4.48. The molecule has 1 N–H and O–H groups in total. The van der Waals surface area contributed by atoms with E-state index < -0.39 is 0 Å². The van der Waals surface area contributed by atoms with Crippen LogP contribution in [0.1, 0.15) is 18.1 Å². The third-order valence-corrected chi connectivity index (χ3v) is 3.17. The Bertz CT molecular complexity index is 487. The van der Waals surface area contributed by atoms with Crippen molar-refractivity contribution in [1.82, 2.24) is 4.90 Å². The molecule has 0 amide bonds. The fourth-order valence-electron chi connectivity index (χ4n) is 2.38. The minimum atomic E-state index is -0.307. The Morgan fingerprint density at radius 3 is 3.00 bits per heavy atom. The Balaban J connectivity index is 2.10. The number of ether oxygens (including phenoxy) is 1. The van der Waals surface area contributed by atoms with E-state index in [1.54, 1.807) is 6.07 Å². The normalized spacial score (nSPS) is 24.1. The summed E-state index contributed by atoms with van der Waals surface area (Å²) in [6.07, 6.45) is -0.223. The lowest BCUT2D eigenvalue weighted by molar-refractivity contribution is -0.0974. The monoisotopic (exact) mass is 264 g/mol. The van der Waals surface area contributed by atoms with Crippen LogP contribution in [0.25, 0.3) is 0 Å². The summed E-state index contributed by atoms with van der Waals surface area (Å²) in [5.74, 6) is -0.307. The molecule has 0 saturated carbocycles. The lowest BCUT2D eigenvalue weighted by atomic mass is 10.1. The summed E-state index contributed by atoms with van der Waals surface area (Å²) in [5, 5.41) is 18.0. The molecule has 1 fully saturated rings. The van der Waals surface area contributed by atoms with Gasteiger partial charge in [-0.2, -0.15) is 5.26 Å². The molecule has 2 atom stereocenters. The van der Waals surface area contributed by atoms with Crippen molar-refractivity contribution in [3.8, 4) is 6.07 Å². The molecule has 0 spiro atoms. The highest BCUT2D eigenvalue weighted by Gasteiger charge is 2.25. The highest BCUT2D eigenvalue weighted by molar-refractivity contribution is 5.33. The van der Waals surface area contributed by atoms with Crippen molar-refractivity contribution in [3.63, 3.8) is 0 Å². The second-order valence-electron chi connectivity index (χ2n) is 4.86. The van der Waals surface area contributed by atoms with Crippen molar-refractivity contribution < 1.29 is 14.2 Å². The molecular formula is C14H17FN2O2. The Labute approximate surface area is 112 Å². The first-order valence-corrected chi connectivity index (χ1v) is 6.29. The maximum Gasteiger partial charge on any atom is 0.127 e. The van der Waals surface area contributed by atoms with Crippen LogP contribution in [0.4, 0.5) is 4.39 Å². The number of halogens is 1. The van der Waals surface area contributed by atoms with Crippen LogP contribution in [0.3, 0.4) is 0 Å². The first kappa shape index (κ1) is 13.9. The van der Waals surface area contributed by atoms with Crippen LogP contribution in [0.15, 0.2) is 18.2 Å². The molecular weight excluding hydrogens is 247 g/mol. The first-order valence-electron chi connectivity index (χ1n) is 6.29. The fourth-order valence-corrected chi connectivity index (χ4v) is 2.38. The topological polar surface area (TPSA) is 56.5 Å². The molecule has 102 valence electrons. The average molecular weight is 264 g/mol. The Morgan fingerprint density at radius 1 is 1.53 bits per heavy atom. The zero-order valence-electron chi connectivity index (χ0n) is 10.8. The van der Waals surface area contributed by atoms with E-state index in [0.717, 1.165) is 0 Å². The highest BCUT2D eigenvalue weighted by atomic mass is 19.1. The van der Waals surface area contributed by atoms with E-state index in [0.29, 0.717) is 30.8 Å². The smallest absolute Gasteiger partial charge is 0.127 e. The molecule has 2 rings (SSSR count). The van der Waals surface area contributed by atoms with Crippen LogP contribution in [0.2, 0.25) is 0 Å². The largest absolute Gasteiger partial charge is 0.394 e. The van der Waals surface area contributed by atoms with Crippen LogP contribution in [-0.2, 0) is 11.3 Å². The van der Waals surface area contributed by atoms with E-state index in [2.05, 4.69) is 0 Å². The molecule has 0 bridgehead atoms. The van der Waals surface area contributed by atoms with Gasteiger partial charge in [-0.1, -0.05) is 0 Å². The summed E-state index contributed by atoms with van der Waals surface area (Å²) in [6.45, 7) is 3.56. The number of aliphatic hydroxyl groups excluding tert-OH is 1. The van der Waals surface area contributed by atoms with Crippen molar-refractivity contribution >= 4 is 0 Å². The number of rotatable bonds is 3. The van der Waals surface area contributed by atoms with Gasteiger partial charge in [0.1, 0.15) is 5.82 Å². The molecule has 1 saturated heterocycles. The van der Waals surface area contributed by atoms with Crippen molar-refractivity contribution in [1.29, 1.82) is 5.26 Å². The van der Waals surface area contributed by atoms with Gasteiger partial charge in [0.05, 0.1) is 30.4 Å². The maximum absolute atomic E-state index is 13.7. The molecule has 1 aliphatic heterocycles. The number of aliphatic hydroxyl groups is 1. The van der Waals surface area contributed by atoms with E-state index in [1.807, 2.05) is 17.9 Å². The lowest BCUT2D eigenvalue weighted by Gasteiger charge is -2.36. The van der Waals surface area contributed by atoms with Crippen LogP contribution in [0, 0.1) is 17.1 Å². The molecule has 19 heavy (non-hydrogen) atoms. The van der Waals surface area contributed by atoms with Crippen molar-refractivity contribution in [2.45, 2.75) is 25.7 Å². The minimum absolute atomic E-state index is 0.00751. The average Bonchev–Trinajstić information content (AvgIpc) is 2.40. The number of hydrogen-bond acceptors (Lipinski definition) is 4. The summed E-state index contributed by atoms with van der Waals surface area (Å²) in [5.41, 5.74) is 0.959. The van der Waals surface area contributed by atoms with Crippen LogP contribution < -0.4 is 0 Å². The second-order valence-corrected chi connectivity index (χ2v) is 4.86. The third-order valence-electron chi connectivity index (χ3n) is 3.17.